The fourth-order valence-corrected chi connectivity index (χ4v) is 4.19. The minimum Gasteiger partial charge on any atom is -0.493 e. The van der Waals surface area contributed by atoms with Gasteiger partial charge < -0.3 is 18.4 Å². The lowest BCUT2D eigenvalue weighted by Gasteiger charge is -2.10. The molecule has 3 aromatic carbocycles. The first-order chi connectivity index (χ1) is 15.3. The molecule has 0 aliphatic carbocycles. The SMILES string of the molecule is COc1cccc(C=C2Oc3cc(OS(=O)(=O)c4ccc(C)cc4)ccc3C2=O)c1OC. The lowest BCUT2D eigenvalue weighted by Crippen LogP contribution is -2.09. The highest BCUT2D eigenvalue weighted by molar-refractivity contribution is 7.87. The quantitative estimate of drug-likeness (QED) is 0.405. The number of carbonyl (C=O) groups excluding carboxylic acids is 1. The summed E-state index contributed by atoms with van der Waals surface area (Å²) in [7, 11) is -0.999. The van der Waals surface area contributed by atoms with Crippen molar-refractivity contribution in [2.75, 3.05) is 14.2 Å². The molecule has 0 bridgehead atoms. The van der Waals surface area contributed by atoms with Gasteiger partial charge in [-0.05, 0) is 43.3 Å². The van der Waals surface area contributed by atoms with E-state index in [1.54, 1.807) is 36.4 Å². The average Bonchev–Trinajstić information content (AvgIpc) is 3.08. The molecule has 4 rings (SSSR count). The Kier molecular flexibility index (Phi) is 5.63. The number of benzene rings is 3. The number of methoxy groups -OCH3 is 2. The van der Waals surface area contributed by atoms with Crippen molar-refractivity contribution in [2.24, 2.45) is 0 Å². The number of hydrogen-bond donors (Lipinski definition) is 0. The largest absolute Gasteiger partial charge is 0.493 e. The van der Waals surface area contributed by atoms with Gasteiger partial charge in [-0.2, -0.15) is 8.42 Å². The molecule has 0 radical (unpaired) electrons. The van der Waals surface area contributed by atoms with E-state index in [-0.39, 0.29) is 27.9 Å². The molecule has 0 atom stereocenters. The molecule has 3 aromatic rings. The van der Waals surface area contributed by atoms with Gasteiger partial charge in [0, 0.05) is 11.6 Å². The summed E-state index contributed by atoms with van der Waals surface area (Å²) in [4.78, 5) is 12.8. The van der Waals surface area contributed by atoms with Crippen LogP contribution in [0.25, 0.3) is 6.08 Å². The molecule has 0 aromatic heterocycles. The van der Waals surface area contributed by atoms with Crippen molar-refractivity contribution >= 4 is 22.0 Å². The Balaban J connectivity index is 1.62. The third-order valence-electron chi connectivity index (χ3n) is 4.88. The van der Waals surface area contributed by atoms with E-state index >= 15 is 0 Å². The highest BCUT2D eigenvalue weighted by atomic mass is 32.2. The van der Waals surface area contributed by atoms with Crippen LogP contribution in [0.1, 0.15) is 21.5 Å². The molecular formula is C24H20O7S. The Morgan fingerprint density at radius 1 is 0.938 bits per heavy atom. The zero-order valence-corrected chi connectivity index (χ0v) is 18.4. The van der Waals surface area contributed by atoms with Gasteiger partial charge in [-0.1, -0.05) is 29.8 Å². The first kappa shape index (κ1) is 21.5. The molecule has 0 spiro atoms. The van der Waals surface area contributed by atoms with Crippen LogP contribution in [0.4, 0.5) is 0 Å². The number of aryl methyl sites for hydroxylation is 1. The van der Waals surface area contributed by atoms with E-state index in [1.165, 1.54) is 44.6 Å². The molecular weight excluding hydrogens is 432 g/mol. The molecule has 1 aliphatic heterocycles. The number of allylic oxidation sites excluding steroid dienone is 1. The summed E-state index contributed by atoms with van der Waals surface area (Å²) in [6, 6.07) is 15.9. The Morgan fingerprint density at radius 3 is 2.38 bits per heavy atom. The number of carbonyl (C=O) groups is 1. The molecule has 7 nitrogen and oxygen atoms in total. The second-order valence-electron chi connectivity index (χ2n) is 7.03. The fourth-order valence-electron chi connectivity index (χ4n) is 3.27. The number of fused-ring (bicyclic) bond motifs is 1. The van der Waals surface area contributed by atoms with E-state index in [0.29, 0.717) is 22.6 Å². The lowest BCUT2D eigenvalue weighted by atomic mass is 10.1. The van der Waals surface area contributed by atoms with Crippen LogP contribution in [-0.4, -0.2) is 28.4 Å². The number of ketones is 1. The van der Waals surface area contributed by atoms with Gasteiger partial charge in [0.05, 0.1) is 19.8 Å². The third-order valence-corrected chi connectivity index (χ3v) is 6.14. The first-order valence-electron chi connectivity index (χ1n) is 9.63. The van der Waals surface area contributed by atoms with Crippen molar-refractivity contribution in [3.05, 3.63) is 83.1 Å². The van der Waals surface area contributed by atoms with E-state index in [1.807, 2.05) is 6.92 Å². The summed E-state index contributed by atoms with van der Waals surface area (Å²) in [5, 5.41) is 0. The highest BCUT2D eigenvalue weighted by Gasteiger charge is 2.29. The Hall–Kier alpha value is -3.78. The van der Waals surface area contributed by atoms with Crippen molar-refractivity contribution < 1.29 is 31.6 Å². The fraction of sp³-hybridized carbons (Fsp3) is 0.125. The van der Waals surface area contributed by atoms with E-state index in [0.717, 1.165) is 5.56 Å². The Morgan fingerprint density at radius 2 is 1.69 bits per heavy atom. The summed E-state index contributed by atoms with van der Waals surface area (Å²) in [6.45, 7) is 1.86. The highest BCUT2D eigenvalue weighted by Crippen LogP contribution is 2.38. The van der Waals surface area contributed by atoms with Crippen LogP contribution in [0.15, 0.2) is 71.3 Å². The molecule has 1 aliphatic rings. The van der Waals surface area contributed by atoms with Crippen LogP contribution in [0.5, 0.6) is 23.0 Å². The topological polar surface area (TPSA) is 88.1 Å². The van der Waals surface area contributed by atoms with Crippen LogP contribution in [0, 0.1) is 6.92 Å². The maximum Gasteiger partial charge on any atom is 0.339 e. The van der Waals surface area contributed by atoms with Crippen molar-refractivity contribution in [3.63, 3.8) is 0 Å². The first-order valence-corrected chi connectivity index (χ1v) is 11.0. The van der Waals surface area contributed by atoms with Crippen LogP contribution in [-0.2, 0) is 10.1 Å². The van der Waals surface area contributed by atoms with Crippen LogP contribution >= 0.6 is 0 Å². The second-order valence-corrected chi connectivity index (χ2v) is 8.58. The van der Waals surface area contributed by atoms with Crippen molar-refractivity contribution in [1.29, 1.82) is 0 Å². The van der Waals surface area contributed by atoms with E-state index in [4.69, 9.17) is 18.4 Å². The van der Waals surface area contributed by atoms with E-state index < -0.39 is 10.1 Å². The number of rotatable bonds is 6. The van der Waals surface area contributed by atoms with Crippen molar-refractivity contribution in [3.8, 4) is 23.0 Å². The molecule has 1 heterocycles. The zero-order valence-electron chi connectivity index (χ0n) is 17.6. The van der Waals surface area contributed by atoms with Crippen LogP contribution in [0.2, 0.25) is 0 Å². The average molecular weight is 452 g/mol. The van der Waals surface area contributed by atoms with Gasteiger partial charge in [-0.25, -0.2) is 0 Å². The molecule has 8 heteroatoms. The smallest absolute Gasteiger partial charge is 0.339 e. The number of Topliss-reactive ketones (excluding diaryl/α,β-unsaturated/α-hetero) is 1. The monoisotopic (exact) mass is 452 g/mol. The van der Waals surface area contributed by atoms with Gasteiger partial charge in [0.2, 0.25) is 5.78 Å². The Bertz CT molecular complexity index is 1320. The molecule has 0 unspecified atom stereocenters. The summed E-state index contributed by atoms with van der Waals surface area (Å²) in [5.74, 6) is 0.963. The molecule has 0 N–H and O–H groups in total. The van der Waals surface area contributed by atoms with Gasteiger partial charge in [0.25, 0.3) is 0 Å². The minimum absolute atomic E-state index is 0.0336. The summed E-state index contributed by atoms with van der Waals surface area (Å²) < 4.78 is 46.7. The van der Waals surface area contributed by atoms with Gasteiger partial charge in [0.1, 0.15) is 16.4 Å². The molecule has 164 valence electrons. The Labute approximate surface area is 185 Å². The molecule has 0 fully saturated rings. The molecule has 0 amide bonds. The predicted octanol–water partition coefficient (Wildman–Crippen LogP) is 4.40. The van der Waals surface area contributed by atoms with Gasteiger partial charge in [-0.15, -0.1) is 0 Å². The third kappa shape index (κ3) is 4.04. The normalized spacial score (nSPS) is 14.1. The minimum atomic E-state index is -4.03. The van der Waals surface area contributed by atoms with Crippen molar-refractivity contribution in [2.45, 2.75) is 11.8 Å². The number of para-hydroxylation sites is 1. The van der Waals surface area contributed by atoms with Crippen molar-refractivity contribution in [1.82, 2.24) is 0 Å². The number of hydrogen-bond acceptors (Lipinski definition) is 7. The second kappa shape index (κ2) is 8.39. The number of ether oxygens (including phenoxy) is 3. The molecule has 32 heavy (non-hydrogen) atoms. The maximum absolute atomic E-state index is 12.8. The van der Waals surface area contributed by atoms with Gasteiger partial charge in [-0.3, -0.25) is 4.79 Å². The van der Waals surface area contributed by atoms with Crippen LogP contribution < -0.4 is 18.4 Å². The summed E-state index contributed by atoms with van der Waals surface area (Å²) in [5.41, 5.74) is 1.83. The van der Waals surface area contributed by atoms with E-state index in [9.17, 15) is 13.2 Å². The molecule has 0 saturated carbocycles. The lowest BCUT2D eigenvalue weighted by molar-refractivity contribution is 0.101. The molecule has 0 saturated heterocycles. The zero-order chi connectivity index (χ0) is 22.9. The van der Waals surface area contributed by atoms with Crippen LogP contribution in [0.3, 0.4) is 0 Å². The summed E-state index contributed by atoms with van der Waals surface area (Å²) in [6.07, 6.45) is 1.55. The van der Waals surface area contributed by atoms with Gasteiger partial charge in [0.15, 0.2) is 17.3 Å². The van der Waals surface area contributed by atoms with E-state index in [2.05, 4.69) is 0 Å². The summed E-state index contributed by atoms with van der Waals surface area (Å²) >= 11 is 0. The maximum atomic E-state index is 12.8. The predicted molar refractivity (Wildman–Crippen MR) is 118 cm³/mol. The van der Waals surface area contributed by atoms with Gasteiger partial charge >= 0.3 is 10.1 Å². The standard InChI is InChI=1S/C24H20O7S/c1-15-7-10-18(11-8-15)32(26,27)31-17-9-12-19-21(14-17)30-22(23(19)25)13-16-5-4-6-20(28-2)24(16)29-3/h4-14H,1-3H3.